The van der Waals surface area contributed by atoms with Gasteiger partial charge in [-0.05, 0) is 81.0 Å². The van der Waals surface area contributed by atoms with Gasteiger partial charge in [-0.3, -0.25) is 24.7 Å². The van der Waals surface area contributed by atoms with E-state index >= 15 is 0 Å². The lowest BCUT2D eigenvalue weighted by Crippen LogP contribution is -2.51. The molecule has 2 fully saturated rings. The van der Waals surface area contributed by atoms with Crippen molar-refractivity contribution in [3.63, 3.8) is 0 Å². The maximum Gasteiger partial charge on any atom is 0.254 e. The monoisotopic (exact) mass is 628 g/mol. The zero-order valence-electron chi connectivity index (χ0n) is 27.9. The van der Waals surface area contributed by atoms with Crippen LogP contribution in [-0.4, -0.2) is 91.9 Å². The number of aliphatic imine (C=N–C) groups is 1. The van der Waals surface area contributed by atoms with Crippen LogP contribution in [-0.2, 0) is 20.9 Å². The molecule has 3 amide bonds. The van der Waals surface area contributed by atoms with Crippen molar-refractivity contribution in [1.82, 2.24) is 20.7 Å². The van der Waals surface area contributed by atoms with Gasteiger partial charge in [0.1, 0.15) is 0 Å². The Morgan fingerprint density at radius 1 is 1.00 bits per heavy atom. The molecule has 0 spiro atoms. The van der Waals surface area contributed by atoms with E-state index < -0.39 is 5.92 Å². The molecule has 2 N–H and O–H groups in total. The molecule has 5 rings (SSSR count). The standard InChI is InChI=1S/C36H48N6O4/c1-6-42(31-11-13-41(14-12-31)39-27(5)43)34-21-30(29-9-7-28(8-10-29)23-40-15-17-46-18-16-40)20-32(26(34)4)35(44)37-22-33-24(2)19-25(3)38-36(33)45/h7-10,19-21,31,33H,6,11-18,22-23H2,1-5H3,(H,37,44)(H,39,43). The van der Waals surface area contributed by atoms with Crippen molar-refractivity contribution in [3.8, 4) is 11.1 Å². The summed E-state index contributed by atoms with van der Waals surface area (Å²) in [6.07, 6.45) is 3.69. The van der Waals surface area contributed by atoms with Crippen molar-refractivity contribution < 1.29 is 19.1 Å². The number of amides is 3. The van der Waals surface area contributed by atoms with E-state index in [1.165, 1.54) is 12.5 Å². The van der Waals surface area contributed by atoms with Crippen molar-refractivity contribution in [2.24, 2.45) is 10.9 Å². The SMILES string of the molecule is CCN(c1cc(-c2ccc(CN3CCOCC3)cc2)cc(C(=O)NCC2C(=O)N=C(C)C=C2C)c1C)C1CCN(NC(C)=O)CC1. The van der Waals surface area contributed by atoms with Crippen LogP contribution in [0.5, 0.6) is 0 Å². The number of hydrogen-bond donors (Lipinski definition) is 2. The molecule has 10 heteroatoms. The predicted octanol–water partition coefficient (Wildman–Crippen LogP) is 4.13. The molecule has 46 heavy (non-hydrogen) atoms. The largest absolute Gasteiger partial charge is 0.379 e. The first kappa shape index (κ1) is 33.5. The first-order valence-electron chi connectivity index (χ1n) is 16.5. The molecule has 0 aliphatic carbocycles. The average Bonchev–Trinajstić information content (AvgIpc) is 3.03. The van der Waals surface area contributed by atoms with Crippen LogP contribution in [0, 0.1) is 12.8 Å². The number of nitrogens with zero attached hydrogens (tertiary/aromatic N) is 4. The molecule has 0 radical (unpaired) electrons. The number of carbonyl (C=O) groups excluding carboxylic acids is 3. The predicted molar refractivity (Wildman–Crippen MR) is 182 cm³/mol. The number of piperidine rings is 1. The van der Waals surface area contributed by atoms with Crippen molar-refractivity contribution in [2.45, 2.75) is 60.0 Å². The first-order chi connectivity index (χ1) is 22.1. The highest BCUT2D eigenvalue weighted by Crippen LogP contribution is 2.34. The van der Waals surface area contributed by atoms with Crippen LogP contribution < -0.4 is 15.6 Å². The molecule has 0 bridgehead atoms. The fourth-order valence-corrected chi connectivity index (χ4v) is 6.80. The molecule has 2 aromatic carbocycles. The minimum absolute atomic E-state index is 0.0523. The van der Waals surface area contributed by atoms with Crippen LogP contribution in [0.25, 0.3) is 11.1 Å². The summed E-state index contributed by atoms with van der Waals surface area (Å²) >= 11 is 0. The van der Waals surface area contributed by atoms with Gasteiger partial charge < -0.3 is 15.0 Å². The zero-order chi connectivity index (χ0) is 32.8. The third kappa shape index (κ3) is 8.10. The lowest BCUT2D eigenvalue weighted by atomic mass is 9.93. The fraction of sp³-hybridized carbons (Fsp3) is 0.500. The molecule has 2 saturated heterocycles. The van der Waals surface area contributed by atoms with Gasteiger partial charge in [0.2, 0.25) is 5.91 Å². The minimum atomic E-state index is -0.462. The molecule has 0 saturated carbocycles. The molecular weight excluding hydrogens is 580 g/mol. The summed E-state index contributed by atoms with van der Waals surface area (Å²) in [4.78, 5) is 47.0. The summed E-state index contributed by atoms with van der Waals surface area (Å²) < 4.78 is 5.50. The van der Waals surface area contributed by atoms with Crippen molar-refractivity contribution in [1.29, 1.82) is 0 Å². The molecule has 1 atom stereocenters. The number of hydrogen-bond acceptors (Lipinski definition) is 7. The van der Waals surface area contributed by atoms with Gasteiger partial charge in [-0.1, -0.05) is 29.8 Å². The van der Waals surface area contributed by atoms with Gasteiger partial charge in [0.25, 0.3) is 11.8 Å². The normalized spacial score (nSPS) is 19.8. The number of nitrogens with one attached hydrogen (secondary N) is 2. The van der Waals surface area contributed by atoms with Gasteiger partial charge in [0.15, 0.2) is 0 Å². The summed E-state index contributed by atoms with van der Waals surface area (Å²) in [6.45, 7) is 16.2. The lowest BCUT2D eigenvalue weighted by molar-refractivity contribution is -0.124. The minimum Gasteiger partial charge on any atom is -0.379 e. The van der Waals surface area contributed by atoms with E-state index in [0.717, 1.165) is 93.3 Å². The van der Waals surface area contributed by atoms with Crippen LogP contribution in [0.4, 0.5) is 5.69 Å². The number of allylic oxidation sites excluding steroid dienone is 1. The van der Waals surface area contributed by atoms with E-state index in [4.69, 9.17) is 4.74 Å². The molecular formula is C36H48N6O4. The Labute approximate surface area is 272 Å². The van der Waals surface area contributed by atoms with Gasteiger partial charge in [0, 0.05) is 75.7 Å². The van der Waals surface area contributed by atoms with Gasteiger partial charge in [-0.15, -0.1) is 0 Å². The van der Waals surface area contributed by atoms with Crippen LogP contribution in [0.2, 0.25) is 0 Å². The summed E-state index contributed by atoms with van der Waals surface area (Å²) in [5.74, 6) is -0.934. The molecule has 246 valence electrons. The number of hydrazine groups is 1. The Hall–Kier alpha value is -3.86. The third-order valence-corrected chi connectivity index (χ3v) is 9.33. The van der Waals surface area contributed by atoms with Gasteiger partial charge in [0.05, 0.1) is 19.1 Å². The number of anilines is 1. The van der Waals surface area contributed by atoms with E-state index in [9.17, 15) is 14.4 Å². The Morgan fingerprint density at radius 2 is 1.70 bits per heavy atom. The van der Waals surface area contributed by atoms with E-state index in [-0.39, 0.29) is 30.3 Å². The smallest absolute Gasteiger partial charge is 0.254 e. The maximum absolute atomic E-state index is 13.9. The van der Waals surface area contributed by atoms with E-state index in [0.29, 0.717) is 11.3 Å². The summed E-state index contributed by atoms with van der Waals surface area (Å²) in [6, 6.07) is 13.1. The highest BCUT2D eigenvalue weighted by molar-refractivity contribution is 6.06. The average molecular weight is 629 g/mol. The molecule has 3 aliphatic rings. The Morgan fingerprint density at radius 3 is 2.33 bits per heavy atom. The zero-order valence-corrected chi connectivity index (χ0v) is 27.9. The van der Waals surface area contributed by atoms with E-state index in [2.05, 4.69) is 62.8 Å². The van der Waals surface area contributed by atoms with Crippen LogP contribution in [0.3, 0.4) is 0 Å². The van der Waals surface area contributed by atoms with Gasteiger partial charge in [-0.2, -0.15) is 0 Å². The Balaban J connectivity index is 1.42. The summed E-state index contributed by atoms with van der Waals surface area (Å²) in [5.41, 5.74) is 10.3. The molecule has 3 heterocycles. The number of ether oxygens (including phenoxy) is 1. The third-order valence-electron chi connectivity index (χ3n) is 9.33. The quantitative estimate of drug-likeness (QED) is 0.408. The number of morpholine rings is 1. The molecule has 2 aromatic rings. The topological polar surface area (TPSA) is 107 Å². The van der Waals surface area contributed by atoms with Crippen LogP contribution in [0.15, 0.2) is 53.0 Å². The Kier molecular flexibility index (Phi) is 11.0. The van der Waals surface area contributed by atoms with Crippen molar-refractivity contribution in [2.75, 3.05) is 57.4 Å². The fourth-order valence-electron chi connectivity index (χ4n) is 6.80. The van der Waals surface area contributed by atoms with Gasteiger partial charge in [-0.25, -0.2) is 10.0 Å². The van der Waals surface area contributed by atoms with Crippen molar-refractivity contribution >= 4 is 29.1 Å². The molecule has 10 nitrogen and oxygen atoms in total. The van der Waals surface area contributed by atoms with Gasteiger partial charge >= 0.3 is 0 Å². The van der Waals surface area contributed by atoms with Crippen molar-refractivity contribution in [3.05, 3.63) is 64.7 Å². The van der Waals surface area contributed by atoms with Crippen LogP contribution >= 0.6 is 0 Å². The molecule has 3 aliphatic heterocycles. The highest BCUT2D eigenvalue weighted by atomic mass is 16.5. The number of carbonyl (C=O) groups is 3. The second kappa shape index (κ2) is 15.2. The molecule has 1 unspecified atom stereocenters. The van der Waals surface area contributed by atoms with Crippen LogP contribution in [0.1, 0.15) is 62.0 Å². The second-order valence-corrected chi connectivity index (χ2v) is 12.7. The summed E-state index contributed by atoms with van der Waals surface area (Å²) in [5, 5.41) is 5.04. The Bertz CT molecular complexity index is 1490. The first-order valence-corrected chi connectivity index (χ1v) is 16.5. The maximum atomic E-state index is 13.9. The number of dihydropyridines is 1. The second-order valence-electron chi connectivity index (χ2n) is 12.7. The number of benzene rings is 2. The summed E-state index contributed by atoms with van der Waals surface area (Å²) in [7, 11) is 0. The number of rotatable bonds is 10. The van der Waals surface area contributed by atoms with E-state index in [1.54, 1.807) is 0 Å². The molecule has 0 aromatic heterocycles. The van der Waals surface area contributed by atoms with E-state index in [1.807, 2.05) is 37.9 Å². The highest BCUT2D eigenvalue weighted by Gasteiger charge is 2.28. The lowest BCUT2D eigenvalue weighted by Gasteiger charge is -2.40.